The van der Waals surface area contributed by atoms with Gasteiger partial charge in [-0.25, -0.2) is 9.97 Å². The quantitative estimate of drug-likeness (QED) is 0.555. The number of H-pyrrole nitrogens is 1. The molecule has 0 radical (unpaired) electrons. The molecule has 1 aromatic carbocycles. The number of halogens is 3. The molecule has 3 heterocycles. The van der Waals surface area contributed by atoms with E-state index in [1.165, 1.54) is 0 Å². The zero-order valence-electron chi connectivity index (χ0n) is 16.8. The van der Waals surface area contributed by atoms with Crippen LogP contribution in [0.15, 0.2) is 48.8 Å². The molecule has 1 saturated heterocycles. The molecule has 8 heteroatoms. The van der Waals surface area contributed by atoms with Crippen LogP contribution in [0.5, 0.6) is 0 Å². The van der Waals surface area contributed by atoms with Gasteiger partial charge >= 0.3 is 6.18 Å². The highest BCUT2D eigenvalue weighted by Crippen LogP contribution is 2.37. The average Bonchev–Trinajstić information content (AvgIpc) is 3.20. The molecule has 1 atom stereocenters. The van der Waals surface area contributed by atoms with Crippen LogP contribution in [0.1, 0.15) is 32.3 Å². The van der Waals surface area contributed by atoms with Crippen molar-refractivity contribution in [1.82, 2.24) is 20.3 Å². The van der Waals surface area contributed by atoms with Crippen LogP contribution in [-0.2, 0) is 6.18 Å². The van der Waals surface area contributed by atoms with Crippen LogP contribution in [0.3, 0.4) is 0 Å². The molecule has 1 aliphatic heterocycles. The molecule has 1 fully saturated rings. The zero-order valence-corrected chi connectivity index (χ0v) is 16.8. The van der Waals surface area contributed by atoms with Gasteiger partial charge < -0.3 is 15.6 Å². The summed E-state index contributed by atoms with van der Waals surface area (Å²) in [6, 6.07) is 11.2. The highest BCUT2D eigenvalue weighted by Gasteiger charge is 2.36. The lowest BCUT2D eigenvalue weighted by Crippen LogP contribution is -2.50. The van der Waals surface area contributed by atoms with E-state index in [0.717, 1.165) is 30.3 Å². The van der Waals surface area contributed by atoms with Crippen molar-refractivity contribution in [3.63, 3.8) is 0 Å². The molecule has 0 spiro atoms. The lowest BCUT2D eigenvalue weighted by Gasteiger charge is -2.36. The monoisotopic (exact) mass is 415 g/mol. The number of aromatic amines is 1. The van der Waals surface area contributed by atoms with Gasteiger partial charge in [0.25, 0.3) is 0 Å². The molecule has 3 N–H and O–H groups in total. The second-order valence-corrected chi connectivity index (χ2v) is 8.27. The van der Waals surface area contributed by atoms with Crippen molar-refractivity contribution >= 4 is 5.95 Å². The SMILES string of the molecule is CC1(C)CCC(Nc2ncc(C(F)(F)F)c(-c3c[nH]c(-c4ccccc4)c3)n2)CN1. The van der Waals surface area contributed by atoms with E-state index in [9.17, 15) is 13.2 Å². The number of aromatic nitrogens is 3. The van der Waals surface area contributed by atoms with E-state index < -0.39 is 11.7 Å². The number of anilines is 1. The molecular weight excluding hydrogens is 391 g/mol. The normalized spacial score (nSPS) is 18.9. The lowest BCUT2D eigenvalue weighted by atomic mass is 9.91. The Morgan fingerprint density at radius 2 is 1.90 bits per heavy atom. The fraction of sp³-hybridized carbons (Fsp3) is 0.364. The van der Waals surface area contributed by atoms with Crippen molar-refractivity contribution in [2.24, 2.45) is 0 Å². The highest BCUT2D eigenvalue weighted by molar-refractivity contribution is 5.72. The van der Waals surface area contributed by atoms with E-state index in [2.05, 4.69) is 39.4 Å². The number of alkyl halides is 3. The van der Waals surface area contributed by atoms with Gasteiger partial charge in [-0.3, -0.25) is 0 Å². The largest absolute Gasteiger partial charge is 0.419 e. The van der Waals surface area contributed by atoms with Gasteiger partial charge in [0.15, 0.2) is 0 Å². The number of benzene rings is 1. The fourth-order valence-corrected chi connectivity index (χ4v) is 3.63. The summed E-state index contributed by atoms with van der Waals surface area (Å²) in [5.41, 5.74) is 1.06. The van der Waals surface area contributed by atoms with Gasteiger partial charge in [0.1, 0.15) is 5.56 Å². The molecule has 0 saturated carbocycles. The van der Waals surface area contributed by atoms with E-state index in [0.29, 0.717) is 12.1 Å². The molecule has 1 aliphatic rings. The standard InChI is InChI=1S/C22H24F3N5/c1-21(2)9-8-16(12-28-21)29-20-27-13-17(22(23,24)25)19(30-20)15-10-18(26-11-15)14-6-4-3-5-7-14/h3-7,10-11,13,16,26,28H,8-9,12H2,1-2H3,(H,27,29,30). The van der Waals surface area contributed by atoms with Crippen LogP contribution in [0.4, 0.5) is 19.1 Å². The van der Waals surface area contributed by atoms with Crippen molar-refractivity contribution in [3.05, 3.63) is 54.4 Å². The summed E-state index contributed by atoms with van der Waals surface area (Å²) in [4.78, 5) is 11.3. The molecule has 0 amide bonds. The smallest absolute Gasteiger partial charge is 0.361 e. The maximum absolute atomic E-state index is 13.6. The van der Waals surface area contributed by atoms with Crippen LogP contribution in [0.25, 0.3) is 22.5 Å². The van der Waals surface area contributed by atoms with Crippen molar-refractivity contribution < 1.29 is 13.2 Å². The van der Waals surface area contributed by atoms with E-state index in [-0.39, 0.29) is 23.2 Å². The van der Waals surface area contributed by atoms with Gasteiger partial charge in [0.05, 0.1) is 5.69 Å². The molecule has 5 nitrogen and oxygen atoms in total. The molecule has 0 bridgehead atoms. The van der Waals surface area contributed by atoms with E-state index in [4.69, 9.17) is 0 Å². The minimum Gasteiger partial charge on any atom is -0.361 e. The number of nitrogens with zero attached hydrogens (tertiary/aromatic N) is 2. The number of nitrogens with one attached hydrogen (secondary N) is 3. The molecule has 2 aromatic heterocycles. The number of rotatable bonds is 4. The topological polar surface area (TPSA) is 65.6 Å². The number of piperidine rings is 1. The Bertz CT molecular complexity index is 1000. The number of hydrogen-bond acceptors (Lipinski definition) is 4. The zero-order chi connectivity index (χ0) is 21.4. The van der Waals surface area contributed by atoms with Gasteiger partial charge in [-0.1, -0.05) is 30.3 Å². The third-order valence-corrected chi connectivity index (χ3v) is 5.41. The Kier molecular flexibility index (Phi) is 5.27. The summed E-state index contributed by atoms with van der Waals surface area (Å²) in [7, 11) is 0. The molecular formula is C22H24F3N5. The number of hydrogen-bond donors (Lipinski definition) is 3. The van der Waals surface area contributed by atoms with Crippen LogP contribution in [0.2, 0.25) is 0 Å². The maximum atomic E-state index is 13.6. The van der Waals surface area contributed by atoms with Crippen molar-refractivity contribution in [2.75, 3.05) is 11.9 Å². The van der Waals surface area contributed by atoms with Crippen LogP contribution in [0, 0.1) is 0 Å². The minimum absolute atomic E-state index is 0.0588. The average molecular weight is 415 g/mol. The molecule has 3 aromatic rings. The predicted octanol–water partition coefficient (Wildman–Crippen LogP) is 5.10. The Balaban J connectivity index is 1.64. The predicted molar refractivity (Wildman–Crippen MR) is 111 cm³/mol. The van der Waals surface area contributed by atoms with Gasteiger partial charge in [-0.15, -0.1) is 0 Å². The summed E-state index contributed by atoms with van der Waals surface area (Å²) < 4.78 is 40.9. The maximum Gasteiger partial charge on any atom is 0.419 e. The molecule has 158 valence electrons. The van der Waals surface area contributed by atoms with Gasteiger partial charge in [-0.05, 0) is 38.3 Å². The summed E-state index contributed by atoms with van der Waals surface area (Å²) in [6.45, 7) is 4.97. The summed E-state index contributed by atoms with van der Waals surface area (Å²) in [5.74, 6) is 0.201. The van der Waals surface area contributed by atoms with Crippen molar-refractivity contribution in [1.29, 1.82) is 0 Å². The van der Waals surface area contributed by atoms with Crippen LogP contribution in [-0.4, -0.2) is 33.1 Å². The Morgan fingerprint density at radius 3 is 2.57 bits per heavy atom. The van der Waals surface area contributed by atoms with Crippen LogP contribution < -0.4 is 10.6 Å². The van der Waals surface area contributed by atoms with Gasteiger partial charge in [-0.2, -0.15) is 13.2 Å². The first-order valence-electron chi connectivity index (χ1n) is 9.91. The molecule has 4 rings (SSSR count). The second-order valence-electron chi connectivity index (χ2n) is 8.27. The van der Waals surface area contributed by atoms with Crippen molar-refractivity contribution in [3.8, 4) is 22.5 Å². The highest BCUT2D eigenvalue weighted by atomic mass is 19.4. The Hall–Kier alpha value is -2.87. The minimum atomic E-state index is -4.55. The van der Waals surface area contributed by atoms with E-state index in [1.54, 1.807) is 12.3 Å². The third-order valence-electron chi connectivity index (χ3n) is 5.41. The van der Waals surface area contributed by atoms with E-state index in [1.807, 2.05) is 30.3 Å². The van der Waals surface area contributed by atoms with Crippen molar-refractivity contribution in [2.45, 2.75) is 44.4 Å². The summed E-state index contributed by atoms with van der Waals surface area (Å²) in [6.07, 6.45) is -0.290. The molecule has 1 unspecified atom stereocenters. The first-order chi connectivity index (χ1) is 14.2. The first-order valence-corrected chi connectivity index (χ1v) is 9.91. The Labute approximate surface area is 173 Å². The van der Waals surface area contributed by atoms with Crippen LogP contribution >= 0.6 is 0 Å². The molecule has 30 heavy (non-hydrogen) atoms. The first kappa shape index (κ1) is 20.4. The third kappa shape index (κ3) is 4.48. The van der Waals surface area contributed by atoms with Gasteiger partial charge in [0.2, 0.25) is 5.95 Å². The summed E-state index contributed by atoms with van der Waals surface area (Å²) in [5, 5.41) is 6.61. The Morgan fingerprint density at radius 1 is 1.13 bits per heavy atom. The summed E-state index contributed by atoms with van der Waals surface area (Å²) >= 11 is 0. The molecule has 0 aliphatic carbocycles. The lowest BCUT2D eigenvalue weighted by molar-refractivity contribution is -0.137. The fourth-order valence-electron chi connectivity index (χ4n) is 3.63. The second kappa shape index (κ2) is 7.75. The van der Waals surface area contributed by atoms with Gasteiger partial charge in [0, 0.05) is 41.8 Å². The van der Waals surface area contributed by atoms with E-state index >= 15 is 0 Å².